The molecule has 1 aromatic heterocycles. The van der Waals surface area contributed by atoms with Gasteiger partial charge in [-0.05, 0) is 48.0 Å². The molecule has 0 radical (unpaired) electrons. The number of phenols is 1. The van der Waals surface area contributed by atoms with Gasteiger partial charge in [0.1, 0.15) is 11.8 Å². The van der Waals surface area contributed by atoms with Gasteiger partial charge in [-0.15, -0.1) is 0 Å². The molecule has 29 heavy (non-hydrogen) atoms. The van der Waals surface area contributed by atoms with E-state index in [-0.39, 0.29) is 23.7 Å². The van der Waals surface area contributed by atoms with Crippen molar-refractivity contribution in [3.8, 4) is 5.75 Å². The zero-order valence-corrected chi connectivity index (χ0v) is 17.1. The van der Waals surface area contributed by atoms with Gasteiger partial charge in [-0.2, -0.15) is 0 Å². The maximum atomic E-state index is 13.3. The molecule has 148 valence electrons. The van der Waals surface area contributed by atoms with Crippen LogP contribution in [0.25, 0.3) is 10.9 Å². The number of benzene rings is 2. The highest BCUT2D eigenvalue weighted by Crippen LogP contribution is 2.44. The number of aromatic amines is 1. The topological polar surface area (TPSA) is 59.6 Å². The Morgan fingerprint density at radius 3 is 2.83 bits per heavy atom. The molecule has 5 nitrogen and oxygen atoms in total. The summed E-state index contributed by atoms with van der Waals surface area (Å²) in [5, 5.41) is 11.9. The molecule has 2 aromatic carbocycles. The average molecular weight is 406 g/mol. The highest BCUT2D eigenvalue weighted by Gasteiger charge is 2.50. The SMILES string of the molecule is CCCCN1C(=O)[C@@H]2Cc3c([nH]c4ccccc34)[C@@H](c3cccc(O)c3)N2C1=S. The van der Waals surface area contributed by atoms with Crippen LogP contribution in [0.3, 0.4) is 0 Å². The lowest BCUT2D eigenvalue weighted by atomic mass is 9.89. The van der Waals surface area contributed by atoms with Gasteiger partial charge in [0, 0.05) is 29.6 Å². The molecule has 3 aromatic rings. The van der Waals surface area contributed by atoms with Crippen LogP contribution in [-0.4, -0.2) is 43.5 Å². The smallest absolute Gasteiger partial charge is 0.251 e. The third-order valence-corrected chi connectivity index (χ3v) is 6.49. The maximum Gasteiger partial charge on any atom is 0.251 e. The lowest BCUT2D eigenvalue weighted by Gasteiger charge is -2.37. The third kappa shape index (κ3) is 2.74. The Morgan fingerprint density at radius 1 is 1.21 bits per heavy atom. The summed E-state index contributed by atoms with van der Waals surface area (Å²) in [5.74, 6) is 0.297. The first-order chi connectivity index (χ1) is 14.1. The number of nitrogens with one attached hydrogen (secondary N) is 1. The van der Waals surface area contributed by atoms with E-state index in [2.05, 4.69) is 28.9 Å². The number of carbonyl (C=O) groups is 1. The molecule has 1 saturated heterocycles. The van der Waals surface area contributed by atoms with Crippen molar-refractivity contribution >= 4 is 34.1 Å². The van der Waals surface area contributed by atoms with Crippen molar-refractivity contribution in [1.82, 2.24) is 14.8 Å². The first-order valence-electron chi connectivity index (χ1n) is 10.1. The third-order valence-electron chi connectivity index (χ3n) is 6.06. The first-order valence-corrected chi connectivity index (χ1v) is 10.5. The molecular formula is C23H23N3O2S. The van der Waals surface area contributed by atoms with Crippen LogP contribution in [0, 0.1) is 0 Å². The van der Waals surface area contributed by atoms with Gasteiger partial charge in [0.05, 0.1) is 6.04 Å². The highest BCUT2D eigenvalue weighted by molar-refractivity contribution is 7.80. The standard InChI is InChI=1S/C23H23N3O2S/c1-2-3-11-25-22(28)19-13-17-16-9-4-5-10-18(16)24-20(17)21(26(19)23(25)29)14-7-6-8-15(27)12-14/h4-10,12,19,21,24,27H,2-3,11,13H2,1H3/t19-,21+/m0/s1. The molecule has 6 heteroatoms. The van der Waals surface area contributed by atoms with Crippen molar-refractivity contribution in [3.63, 3.8) is 0 Å². The normalized spacial score (nSPS) is 21.0. The summed E-state index contributed by atoms with van der Waals surface area (Å²) >= 11 is 5.80. The molecule has 2 aliphatic heterocycles. The fourth-order valence-electron chi connectivity index (χ4n) is 4.69. The van der Waals surface area contributed by atoms with Crippen LogP contribution in [-0.2, 0) is 11.2 Å². The van der Waals surface area contributed by atoms with Crippen molar-refractivity contribution in [2.45, 2.75) is 38.3 Å². The zero-order valence-electron chi connectivity index (χ0n) is 16.3. The van der Waals surface area contributed by atoms with Gasteiger partial charge in [0.25, 0.3) is 5.91 Å². The Bertz CT molecular complexity index is 1120. The number of aromatic hydroxyl groups is 1. The molecule has 1 amide bonds. The number of amides is 1. The van der Waals surface area contributed by atoms with Crippen molar-refractivity contribution in [3.05, 3.63) is 65.4 Å². The van der Waals surface area contributed by atoms with Crippen molar-refractivity contribution in [2.75, 3.05) is 6.54 Å². The predicted octanol–water partition coefficient (Wildman–Crippen LogP) is 4.12. The summed E-state index contributed by atoms with van der Waals surface area (Å²) < 4.78 is 0. The number of phenolic OH excluding ortho intramolecular Hbond substituents is 1. The van der Waals surface area contributed by atoms with Gasteiger partial charge in [0.2, 0.25) is 0 Å². The van der Waals surface area contributed by atoms with Gasteiger partial charge in [0.15, 0.2) is 5.11 Å². The number of nitrogens with zero attached hydrogens (tertiary/aromatic N) is 2. The van der Waals surface area contributed by atoms with Gasteiger partial charge in [-0.1, -0.05) is 43.7 Å². The second-order valence-electron chi connectivity index (χ2n) is 7.81. The van der Waals surface area contributed by atoms with E-state index in [1.54, 1.807) is 17.0 Å². The quantitative estimate of drug-likeness (QED) is 0.641. The summed E-state index contributed by atoms with van der Waals surface area (Å²) in [7, 11) is 0. The molecule has 1 fully saturated rings. The Hall–Kier alpha value is -2.86. The number of para-hydroxylation sites is 1. The zero-order chi connectivity index (χ0) is 20.1. The minimum Gasteiger partial charge on any atom is -0.508 e. The Labute approximate surface area is 174 Å². The first kappa shape index (κ1) is 18.2. The number of unbranched alkanes of at least 4 members (excludes halogenated alkanes) is 1. The Morgan fingerprint density at radius 2 is 2.03 bits per heavy atom. The number of fused-ring (bicyclic) bond motifs is 4. The Kier molecular flexibility index (Phi) is 4.32. The fourth-order valence-corrected chi connectivity index (χ4v) is 5.11. The van der Waals surface area contributed by atoms with Crippen LogP contribution in [0.1, 0.15) is 42.6 Å². The number of H-pyrrole nitrogens is 1. The van der Waals surface area contributed by atoms with E-state index >= 15 is 0 Å². The molecule has 2 atom stereocenters. The average Bonchev–Trinajstić information content (AvgIpc) is 3.20. The summed E-state index contributed by atoms with van der Waals surface area (Å²) in [6.07, 6.45) is 2.57. The number of hydrogen-bond donors (Lipinski definition) is 2. The minimum absolute atomic E-state index is 0.0875. The molecule has 2 N–H and O–H groups in total. The van der Waals surface area contributed by atoms with Crippen LogP contribution in [0.15, 0.2) is 48.5 Å². The number of carbonyl (C=O) groups excluding carboxylic acids is 1. The van der Waals surface area contributed by atoms with Crippen LogP contribution < -0.4 is 0 Å². The molecule has 0 aliphatic carbocycles. The van der Waals surface area contributed by atoms with Gasteiger partial charge < -0.3 is 15.0 Å². The second kappa shape index (κ2) is 6.88. The van der Waals surface area contributed by atoms with Gasteiger partial charge in [-0.3, -0.25) is 9.69 Å². The van der Waals surface area contributed by atoms with Crippen LogP contribution in [0.4, 0.5) is 0 Å². The lowest BCUT2D eigenvalue weighted by molar-refractivity contribution is -0.128. The van der Waals surface area contributed by atoms with Crippen LogP contribution in [0.2, 0.25) is 0 Å². The Balaban J connectivity index is 1.69. The molecule has 0 saturated carbocycles. The van der Waals surface area contributed by atoms with Crippen molar-refractivity contribution in [2.24, 2.45) is 0 Å². The molecule has 5 rings (SSSR count). The lowest BCUT2D eigenvalue weighted by Crippen LogP contribution is -2.44. The predicted molar refractivity (Wildman–Crippen MR) is 117 cm³/mol. The maximum absolute atomic E-state index is 13.3. The highest BCUT2D eigenvalue weighted by atomic mass is 32.1. The summed E-state index contributed by atoms with van der Waals surface area (Å²) in [4.78, 5) is 20.7. The fraction of sp³-hybridized carbons (Fsp3) is 0.304. The van der Waals surface area contributed by atoms with E-state index in [0.717, 1.165) is 35.0 Å². The summed E-state index contributed by atoms with van der Waals surface area (Å²) in [6, 6.07) is 14.9. The summed E-state index contributed by atoms with van der Waals surface area (Å²) in [5.41, 5.74) is 4.21. The van der Waals surface area contributed by atoms with Gasteiger partial charge >= 0.3 is 0 Å². The number of thiocarbonyl (C=S) groups is 1. The molecule has 0 spiro atoms. The van der Waals surface area contributed by atoms with Crippen molar-refractivity contribution < 1.29 is 9.90 Å². The largest absolute Gasteiger partial charge is 0.508 e. The summed E-state index contributed by atoms with van der Waals surface area (Å²) in [6.45, 7) is 2.77. The van der Waals surface area contributed by atoms with E-state index in [4.69, 9.17) is 12.2 Å². The van der Waals surface area contributed by atoms with Crippen LogP contribution >= 0.6 is 12.2 Å². The van der Waals surface area contributed by atoms with E-state index in [1.807, 2.05) is 24.3 Å². The molecule has 2 aliphatic rings. The number of rotatable bonds is 4. The van der Waals surface area contributed by atoms with E-state index in [9.17, 15) is 9.90 Å². The van der Waals surface area contributed by atoms with Gasteiger partial charge in [-0.25, -0.2) is 0 Å². The molecule has 0 bridgehead atoms. The second-order valence-corrected chi connectivity index (χ2v) is 8.18. The molecular weight excluding hydrogens is 382 g/mol. The van der Waals surface area contributed by atoms with Crippen molar-refractivity contribution in [1.29, 1.82) is 0 Å². The van der Waals surface area contributed by atoms with E-state index < -0.39 is 0 Å². The molecule has 3 heterocycles. The minimum atomic E-state index is -0.307. The van der Waals surface area contributed by atoms with E-state index in [0.29, 0.717) is 18.1 Å². The number of aromatic nitrogens is 1. The number of hydrogen-bond acceptors (Lipinski definition) is 3. The molecule has 0 unspecified atom stereocenters. The monoisotopic (exact) mass is 405 g/mol. The van der Waals surface area contributed by atoms with Crippen LogP contribution in [0.5, 0.6) is 5.75 Å². The van der Waals surface area contributed by atoms with E-state index in [1.165, 1.54) is 5.56 Å².